The Hall–Kier alpha value is -3.09. The van der Waals surface area contributed by atoms with Crippen molar-refractivity contribution in [2.75, 3.05) is 7.11 Å². The number of rotatable bonds is 7. The molecular weight excluding hydrogens is 338 g/mol. The highest BCUT2D eigenvalue weighted by molar-refractivity contribution is 6.07. The average molecular weight is 357 g/mol. The van der Waals surface area contributed by atoms with Crippen LogP contribution >= 0.6 is 0 Å². The molecule has 0 unspecified atom stereocenters. The van der Waals surface area contributed by atoms with E-state index in [0.29, 0.717) is 17.1 Å². The third-order valence-corrected chi connectivity index (χ3v) is 4.33. The quantitative estimate of drug-likeness (QED) is 0.315. The lowest BCUT2D eigenvalue weighted by Crippen LogP contribution is -2.12. The number of methoxy groups -OCH3 is 1. The second kappa shape index (κ2) is 7.86. The van der Waals surface area contributed by atoms with Gasteiger partial charge in [-0.25, -0.2) is 0 Å². The lowest BCUT2D eigenvalue weighted by atomic mass is 10.1. The molecule has 0 amide bonds. The van der Waals surface area contributed by atoms with Gasteiger partial charge in [0.25, 0.3) is 0 Å². The molecule has 7 heteroatoms. The van der Waals surface area contributed by atoms with E-state index < -0.39 is 4.92 Å². The predicted molar refractivity (Wildman–Crippen MR) is 94.6 cm³/mol. The zero-order valence-corrected chi connectivity index (χ0v) is 14.3. The first-order valence-electron chi connectivity index (χ1n) is 8.36. The SMILES string of the molecule is COc1ccc(C(=O)/C=C/c2cocc2[N+](=O)[O-])cc1OC1CCCC1. The van der Waals surface area contributed by atoms with Gasteiger partial charge in [-0.15, -0.1) is 0 Å². The number of hydrogen-bond donors (Lipinski definition) is 0. The number of nitrogens with zero attached hydrogens (tertiary/aromatic N) is 1. The number of hydrogen-bond acceptors (Lipinski definition) is 6. The number of carbonyl (C=O) groups excluding carboxylic acids is 1. The standard InChI is InChI=1S/C19H19NO6/c1-24-18-9-7-13(10-19(18)26-15-4-2-3-5-15)17(21)8-6-14-11-25-12-16(14)20(22)23/h6-12,15H,2-5H2,1H3/b8-6+. The number of allylic oxidation sites excluding steroid dienone is 1. The fourth-order valence-electron chi connectivity index (χ4n) is 2.94. The molecule has 7 nitrogen and oxygen atoms in total. The largest absolute Gasteiger partial charge is 0.493 e. The Morgan fingerprint density at radius 3 is 2.73 bits per heavy atom. The molecule has 3 rings (SSSR count). The van der Waals surface area contributed by atoms with E-state index in [4.69, 9.17) is 13.9 Å². The Kier molecular flexibility index (Phi) is 5.36. The summed E-state index contributed by atoms with van der Waals surface area (Å²) in [4.78, 5) is 22.7. The maximum Gasteiger partial charge on any atom is 0.314 e. The van der Waals surface area contributed by atoms with Gasteiger partial charge >= 0.3 is 5.69 Å². The van der Waals surface area contributed by atoms with E-state index in [1.54, 1.807) is 25.3 Å². The zero-order valence-electron chi connectivity index (χ0n) is 14.3. The highest BCUT2D eigenvalue weighted by Gasteiger charge is 2.19. The van der Waals surface area contributed by atoms with Gasteiger partial charge in [0, 0.05) is 5.56 Å². The van der Waals surface area contributed by atoms with Gasteiger partial charge in [-0.3, -0.25) is 14.9 Å². The van der Waals surface area contributed by atoms with Crippen molar-refractivity contribution in [2.45, 2.75) is 31.8 Å². The molecule has 1 aliphatic carbocycles. The molecular formula is C19H19NO6. The summed E-state index contributed by atoms with van der Waals surface area (Å²) in [5.41, 5.74) is 0.467. The van der Waals surface area contributed by atoms with Crippen LogP contribution < -0.4 is 9.47 Å². The van der Waals surface area contributed by atoms with Crippen molar-refractivity contribution in [3.63, 3.8) is 0 Å². The molecule has 1 aromatic carbocycles. The second-order valence-electron chi connectivity index (χ2n) is 6.06. The number of ketones is 1. The molecule has 1 aliphatic rings. The first kappa shape index (κ1) is 17.7. The monoisotopic (exact) mass is 357 g/mol. The van der Waals surface area contributed by atoms with Crippen LogP contribution in [0, 0.1) is 10.1 Å². The van der Waals surface area contributed by atoms with Gasteiger partial charge in [0.05, 0.1) is 23.7 Å². The van der Waals surface area contributed by atoms with Crippen molar-refractivity contribution in [3.05, 3.63) is 58.0 Å². The Morgan fingerprint density at radius 1 is 1.27 bits per heavy atom. The predicted octanol–water partition coefficient (Wildman–Crippen LogP) is 4.41. The maximum absolute atomic E-state index is 12.4. The van der Waals surface area contributed by atoms with Crippen LogP contribution in [0.25, 0.3) is 6.08 Å². The van der Waals surface area contributed by atoms with Crippen LogP contribution in [-0.4, -0.2) is 23.9 Å². The Balaban J connectivity index is 1.79. The smallest absolute Gasteiger partial charge is 0.314 e. The minimum Gasteiger partial charge on any atom is -0.493 e. The summed E-state index contributed by atoms with van der Waals surface area (Å²) < 4.78 is 16.1. The second-order valence-corrected chi connectivity index (χ2v) is 6.06. The van der Waals surface area contributed by atoms with Crippen molar-refractivity contribution in [2.24, 2.45) is 0 Å². The number of furan rings is 1. The average Bonchev–Trinajstić information content (AvgIpc) is 3.31. The van der Waals surface area contributed by atoms with Crippen molar-refractivity contribution >= 4 is 17.5 Å². The number of benzene rings is 1. The summed E-state index contributed by atoms with van der Waals surface area (Å²) in [5.74, 6) is 0.815. The fraction of sp³-hybridized carbons (Fsp3) is 0.316. The first-order valence-corrected chi connectivity index (χ1v) is 8.36. The van der Waals surface area contributed by atoms with E-state index in [9.17, 15) is 14.9 Å². The fourth-order valence-corrected chi connectivity index (χ4v) is 2.94. The molecule has 0 spiro atoms. The Bertz CT molecular complexity index is 832. The molecule has 1 fully saturated rings. The van der Waals surface area contributed by atoms with Gasteiger partial charge < -0.3 is 13.9 Å². The van der Waals surface area contributed by atoms with Gasteiger partial charge in [0.2, 0.25) is 0 Å². The van der Waals surface area contributed by atoms with E-state index in [1.807, 2.05) is 0 Å². The summed E-state index contributed by atoms with van der Waals surface area (Å²) in [6, 6.07) is 4.97. The van der Waals surface area contributed by atoms with Gasteiger partial charge in [-0.1, -0.05) is 0 Å². The van der Waals surface area contributed by atoms with Crippen LogP contribution in [-0.2, 0) is 0 Å². The zero-order chi connectivity index (χ0) is 18.5. The van der Waals surface area contributed by atoms with E-state index in [0.717, 1.165) is 31.9 Å². The van der Waals surface area contributed by atoms with Crippen LogP contribution in [0.1, 0.15) is 41.6 Å². The van der Waals surface area contributed by atoms with Crippen LogP contribution in [0.3, 0.4) is 0 Å². The van der Waals surface area contributed by atoms with Gasteiger partial charge in [0.1, 0.15) is 6.26 Å². The molecule has 136 valence electrons. The van der Waals surface area contributed by atoms with E-state index in [-0.39, 0.29) is 23.1 Å². The molecule has 0 saturated heterocycles. The third-order valence-electron chi connectivity index (χ3n) is 4.33. The van der Waals surface area contributed by atoms with Crippen LogP contribution in [0.5, 0.6) is 11.5 Å². The number of carbonyl (C=O) groups is 1. The molecule has 2 aromatic rings. The highest BCUT2D eigenvalue weighted by atomic mass is 16.6. The molecule has 26 heavy (non-hydrogen) atoms. The van der Waals surface area contributed by atoms with E-state index >= 15 is 0 Å². The molecule has 1 heterocycles. The lowest BCUT2D eigenvalue weighted by Gasteiger charge is -2.16. The van der Waals surface area contributed by atoms with E-state index in [2.05, 4.69) is 0 Å². The van der Waals surface area contributed by atoms with Gasteiger partial charge in [0.15, 0.2) is 23.5 Å². The summed E-state index contributed by atoms with van der Waals surface area (Å²) in [5, 5.41) is 10.9. The van der Waals surface area contributed by atoms with Crippen molar-refractivity contribution in [1.82, 2.24) is 0 Å². The van der Waals surface area contributed by atoms with Gasteiger partial charge in [-0.2, -0.15) is 0 Å². The number of ether oxygens (including phenoxy) is 2. The molecule has 0 N–H and O–H groups in total. The first-order chi connectivity index (χ1) is 12.6. The summed E-state index contributed by atoms with van der Waals surface area (Å²) >= 11 is 0. The minimum atomic E-state index is -0.561. The Labute approximate surface area is 150 Å². The van der Waals surface area contributed by atoms with Crippen LogP contribution in [0.15, 0.2) is 41.2 Å². The maximum atomic E-state index is 12.4. The lowest BCUT2D eigenvalue weighted by molar-refractivity contribution is -0.385. The normalized spacial score (nSPS) is 14.7. The Morgan fingerprint density at radius 2 is 2.04 bits per heavy atom. The van der Waals surface area contributed by atoms with E-state index in [1.165, 1.54) is 18.4 Å². The number of nitro groups is 1. The summed E-state index contributed by atoms with van der Waals surface area (Å²) in [7, 11) is 1.55. The third kappa shape index (κ3) is 3.93. The molecule has 0 aliphatic heterocycles. The summed E-state index contributed by atoms with van der Waals surface area (Å²) in [6.07, 6.45) is 9.30. The minimum absolute atomic E-state index is 0.137. The highest BCUT2D eigenvalue weighted by Crippen LogP contribution is 2.32. The molecule has 1 aromatic heterocycles. The molecule has 1 saturated carbocycles. The van der Waals surface area contributed by atoms with Crippen molar-refractivity contribution in [3.8, 4) is 11.5 Å². The van der Waals surface area contributed by atoms with Crippen LogP contribution in [0.4, 0.5) is 5.69 Å². The molecule has 0 atom stereocenters. The van der Waals surface area contributed by atoms with Crippen molar-refractivity contribution < 1.29 is 23.6 Å². The molecule has 0 bridgehead atoms. The summed E-state index contributed by atoms with van der Waals surface area (Å²) in [6.45, 7) is 0. The van der Waals surface area contributed by atoms with Crippen LogP contribution in [0.2, 0.25) is 0 Å². The van der Waals surface area contributed by atoms with Gasteiger partial charge in [-0.05, 0) is 56.0 Å². The topological polar surface area (TPSA) is 91.8 Å². The van der Waals surface area contributed by atoms with Crippen molar-refractivity contribution in [1.29, 1.82) is 0 Å². The molecule has 0 radical (unpaired) electrons.